The first-order valence-corrected chi connectivity index (χ1v) is 9.78. The fourth-order valence-electron chi connectivity index (χ4n) is 3.50. The van der Waals surface area contributed by atoms with Gasteiger partial charge < -0.3 is 20.4 Å². The van der Waals surface area contributed by atoms with Crippen molar-refractivity contribution in [1.82, 2.24) is 20.4 Å². The summed E-state index contributed by atoms with van der Waals surface area (Å²) in [6.07, 6.45) is 6.99. The van der Waals surface area contributed by atoms with E-state index in [1.54, 1.807) is 0 Å². The van der Waals surface area contributed by atoms with E-state index in [9.17, 15) is 4.79 Å². The second-order valence-corrected chi connectivity index (χ2v) is 6.84. The molecule has 2 heterocycles. The average Bonchev–Trinajstić information content (AvgIpc) is 2.89. The molecule has 2 saturated heterocycles. The van der Waals surface area contributed by atoms with Gasteiger partial charge >= 0.3 is 0 Å². The largest absolute Gasteiger partial charge is 0.357 e. The van der Waals surface area contributed by atoms with E-state index in [-0.39, 0.29) is 29.9 Å². The Kier molecular flexibility index (Phi) is 11.4. The maximum Gasteiger partial charge on any atom is 0.222 e. The number of carbonyl (C=O) groups excluding carboxylic acids is 1. The molecule has 1 atom stereocenters. The highest BCUT2D eigenvalue weighted by Gasteiger charge is 2.25. The van der Waals surface area contributed by atoms with Crippen molar-refractivity contribution in [2.75, 3.05) is 45.8 Å². The van der Waals surface area contributed by atoms with Gasteiger partial charge in [-0.1, -0.05) is 19.8 Å². The molecule has 0 aromatic heterocycles. The summed E-state index contributed by atoms with van der Waals surface area (Å²) in [7, 11) is 0. The normalized spacial score (nSPS) is 22.2. The Labute approximate surface area is 170 Å². The van der Waals surface area contributed by atoms with E-state index in [0.717, 1.165) is 45.1 Å². The molecule has 2 aliphatic rings. The van der Waals surface area contributed by atoms with Gasteiger partial charge in [-0.3, -0.25) is 9.79 Å². The lowest BCUT2D eigenvalue weighted by atomic mass is 10.2. The van der Waals surface area contributed by atoms with E-state index in [1.165, 1.54) is 38.8 Å². The Hall–Kier alpha value is -0.570. The molecule has 2 rings (SSSR count). The number of nitrogens with zero attached hydrogens (tertiary/aromatic N) is 3. The fraction of sp³-hybridized carbons (Fsp3) is 0.889. The summed E-state index contributed by atoms with van der Waals surface area (Å²) in [5.41, 5.74) is 0. The van der Waals surface area contributed by atoms with Gasteiger partial charge in [-0.05, 0) is 39.3 Å². The number of hydrogen-bond acceptors (Lipinski definition) is 3. The summed E-state index contributed by atoms with van der Waals surface area (Å²) in [4.78, 5) is 21.0. The third kappa shape index (κ3) is 8.11. The van der Waals surface area contributed by atoms with Crippen LogP contribution in [0.25, 0.3) is 0 Å². The van der Waals surface area contributed by atoms with E-state index >= 15 is 0 Å². The molecule has 2 N–H and O–H groups in total. The Morgan fingerprint density at radius 2 is 1.84 bits per heavy atom. The van der Waals surface area contributed by atoms with Gasteiger partial charge in [-0.2, -0.15) is 0 Å². The lowest BCUT2D eigenvalue weighted by Gasteiger charge is -2.20. The Bertz CT molecular complexity index is 410. The number of halogens is 1. The van der Waals surface area contributed by atoms with Crippen molar-refractivity contribution in [3.8, 4) is 0 Å². The summed E-state index contributed by atoms with van der Waals surface area (Å²) in [6, 6.07) is 0.316. The smallest absolute Gasteiger partial charge is 0.222 e. The minimum atomic E-state index is 0. The molecule has 0 aromatic carbocycles. The second kappa shape index (κ2) is 12.7. The number of aliphatic imine (C=N–C) groups is 1. The highest BCUT2D eigenvalue weighted by molar-refractivity contribution is 14.0. The van der Waals surface area contributed by atoms with Crippen LogP contribution in [0.15, 0.2) is 4.99 Å². The van der Waals surface area contributed by atoms with Crippen molar-refractivity contribution >= 4 is 35.8 Å². The van der Waals surface area contributed by atoms with Crippen molar-refractivity contribution in [3.63, 3.8) is 0 Å². The molecule has 2 fully saturated rings. The van der Waals surface area contributed by atoms with E-state index in [2.05, 4.69) is 22.5 Å². The maximum absolute atomic E-state index is 11.8. The van der Waals surface area contributed by atoms with Crippen LogP contribution < -0.4 is 10.6 Å². The number of nitrogens with one attached hydrogen (secondary N) is 2. The number of rotatable bonds is 6. The number of hydrogen-bond donors (Lipinski definition) is 2. The fourth-order valence-corrected chi connectivity index (χ4v) is 3.50. The van der Waals surface area contributed by atoms with Gasteiger partial charge in [-0.25, -0.2) is 0 Å². The predicted octanol–water partition coefficient (Wildman–Crippen LogP) is 2.05. The second-order valence-electron chi connectivity index (χ2n) is 6.84. The number of guanidine groups is 1. The van der Waals surface area contributed by atoms with Crippen LogP contribution in [0.3, 0.4) is 0 Å². The van der Waals surface area contributed by atoms with Crippen LogP contribution in [0.2, 0.25) is 0 Å². The van der Waals surface area contributed by atoms with Crippen molar-refractivity contribution in [2.24, 2.45) is 4.99 Å². The van der Waals surface area contributed by atoms with Crippen LogP contribution in [0, 0.1) is 0 Å². The molecule has 146 valence electrons. The van der Waals surface area contributed by atoms with Crippen LogP contribution in [0.1, 0.15) is 52.4 Å². The zero-order chi connectivity index (χ0) is 17.2. The first-order valence-electron chi connectivity index (χ1n) is 9.78. The summed E-state index contributed by atoms with van der Waals surface area (Å²) < 4.78 is 0. The van der Waals surface area contributed by atoms with Crippen LogP contribution in [-0.2, 0) is 4.79 Å². The van der Waals surface area contributed by atoms with Crippen molar-refractivity contribution in [2.45, 2.75) is 58.4 Å². The summed E-state index contributed by atoms with van der Waals surface area (Å²) in [6.45, 7) is 10.8. The summed E-state index contributed by atoms with van der Waals surface area (Å²) in [5, 5.41) is 6.84. The minimum absolute atomic E-state index is 0. The molecule has 6 nitrogen and oxygen atoms in total. The van der Waals surface area contributed by atoms with E-state index in [0.29, 0.717) is 12.5 Å². The van der Waals surface area contributed by atoms with Gasteiger partial charge in [0, 0.05) is 38.6 Å². The number of amides is 1. The molecule has 0 aliphatic carbocycles. The van der Waals surface area contributed by atoms with Crippen molar-refractivity contribution < 1.29 is 4.79 Å². The van der Waals surface area contributed by atoms with E-state index in [4.69, 9.17) is 4.99 Å². The lowest BCUT2D eigenvalue weighted by molar-refractivity contribution is -0.129. The minimum Gasteiger partial charge on any atom is -0.357 e. The zero-order valence-corrected chi connectivity index (χ0v) is 18.3. The van der Waals surface area contributed by atoms with Gasteiger partial charge in [0.25, 0.3) is 0 Å². The third-order valence-electron chi connectivity index (χ3n) is 4.91. The van der Waals surface area contributed by atoms with Crippen LogP contribution >= 0.6 is 24.0 Å². The zero-order valence-electron chi connectivity index (χ0n) is 15.9. The standard InChI is InChI=1S/C18H35N5O.HI/c1-3-17(24)23-13-9-16(15-23)21-18(19-4-2)20-10-14-22-11-7-5-6-8-12-22;/h16H,3-15H2,1-2H3,(H2,19,20,21);1H. The number of likely N-dealkylation sites (tertiary alicyclic amines) is 2. The van der Waals surface area contributed by atoms with E-state index < -0.39 is 0 Å². The quantitative estimate of drug-likeness (QED) is 0.358. The summed E-state index contributed by atoms with van der Waals surface area (Å²) in [5.74, 6) is 1.14. The van der Waals surface area contributed by atoms with Crippen molar-refractivity contribution in [3.05, 3.63) is 0 Å². The highest BCUT2D eigenvalue weighted by atomic mass is 127. The number of carbonyl (C=O) groups is 1. The molecular weight excluding hydrogens is 429 g/mol. The molecule has 0 bridgehead atoms. The first-order chi connectivity index (χ1) is 11.7. The Morgan fingerprint density at radius 3 is 2.48 bits per heavy atom. The molecule has 2 aliphatic heterocycles. The van der Waals surface area contributed by atoms with E-state index in [1.807, 2.05) is 11.8 Å². The first kappa shape index (κ1) is 22.5. The average molecular weight is 465 g/mol. The van der Waals surface area contributed by atoms with Gasteiger partial charge in [0.05, 0.1) is 6.54 Å². The molecule has 1 amide bonds. The van der Waals surface area contributed by atoms with Gasteiger partial charge in [0.15, 0.2) is 5.96 Å². The predicted molar refractivity (Wildman–Crippen MR) is 115 cm³/mol. The molecule has 0 saturated carbocycles. The molecule has 7 heteroatoms. The van der Waals surface area contributed by atoms with Crippen LogP contribution in [0.4, 0.5) is 0 Å². The Morgan fingerprint density at radius 1 is 1.12 bits per heavy atom. The third-order valence-corrected chi connectivity index (χ3v) is 4.91. The molecule has 25 heavy (non-hydrogen) atoms. The highest BCUT2D eigenvalue weighted by Crippen LogP contribution is 2.11. The summed E-state index contributed by atoms with van der Waals surface area (Å²) >= 11 is 0. The van der Waals surface area contributed by atoms with Gasteiger partial charge in [0.1, 0.15) is 0 Å². The van der Waals surface area contributed by atoms with Crippen molar-refractivity contribution in [1.29, 1.82) is 0 Å². The SMILES string of the molecule is CCNC(=NCCN1CCCCCC1)NC1CCN(C(=O)CC)C1.I. The monoisotopic (exact) mass is 465 g/mol. The Balaban J connectivity index is 0.00000312. The maximum atomic E-state index is 11.8. The molecule has 0 radical (unpaired) electrons. The molecular formula is C18H36IN5O. The molecule has 0 aromatic rings. The van der Waals surface area contributed by atoms with Gasteiger partial charge in [-0.15, -0.1) is 24.0 Å². The molecule has 0 spiro atoms. The lowest BCUT2D eigenvalue weighted by Crippen LogP contribution is -2.45. The topological polar surface area (TPSA) is 60.0 Å². The van der Waals surface area contributed by atoms with Gasteiger partial charge in [0.2, 0.25) is 5.91 Å². The van der Waals surface area contributed by atoms with Crippen LogP contribution in [0.5, 0.6) is 0 Å². The van der Waals surface area contributed by atoms with Crippen LogP contribution in [-0.4, -0.2) is 73.5 Å². The molecule has 1 unspecified atom stereocenters.